The van der Waals surface area contributed by atoms with E-state index in [1.165, 1.54) is 25.3 Å². The molecule has 0 saturated heterocycles. The number of aromatic nitrogens is 1. The lowest BCUT2D eigenvalue weighted by Gasteiger charge is -2.56. The number of carbonyl (C=O) groups is 3. The Labute approximate surface area is 226 Å². The van der Waals surface area contributed by atoms with Gasteiger partial charge in [0.15, 0.2) is 5.78 Å². The summed E-state index contributed by atoms with van der Waals surface area (Å²) in [6.07, 6.45) is 7.78. The molecule has 4 aliphatic carbocycles. The molecule has 1 heterocycles. The lowest BCUT2D eigenvalue weighted by molar-refractivity contribution is -0.0353. The number of Topliss-reactive ketones (excluding diaryl/α,β-unsaturated/α-hetero) is 1. The number of hydrogen-bond donors (Lipinski definition) is 1. The SMILES string of the molecule is CN(c1ccc(Cl)cc1)c1ccc(C(=O)c2ccc(C(=O)C34CC5CC(CC(C5)C3)C4)c(C(=O)O)c2)nc1. The summed E-state index contributed by atoms with van der Waals surface area (Å²) in [4.78, 5) is 45.6. The number of aromatic carboxylic acids is 1. The van der Waals surface area contributed by atoms with Gasteiger partial charge in [-0.2, -0.15) is 0 Å². The first kappa shape index (κ1) is 24.8. The third kappa shape index (κ3) is 4.31. The highest BCUT2D eigenvalue weighted by molar-refractivity contribution is 6.30. The molecule has 6 nitrogen and oxygen atoms in total. The summed E-state index contributed by atoms with van der Waals surface area (Å²) in [5.41, 5.74) is 1.79. The van der Waals surface area contributed by atoms with Gasteiger partial charge in [-0.3, -0.25) is 14.6 Å². The van der Waals surface area contributed by atoms with Crippen molar-refractivity contribution >= 4 is 40.5 Å². The molecule has 2 aromatic carbocycles. The zero-order chi connectivity index (χ0) is 26.6. The van der Waals surface area contributed by atoms with Crippen molar-refractivity contribution in [2.24, 2.45) is 23.2 Å². The minimum atomic E-state index is -1.19. The van der Waals surface area contributed by atoms with Crippen LogP contribution in [-0.4, -0.2) is 34.7 Å². The number of anilines is 2. The van der Waals surface area contributed by atoms with Crippen molar-refractivity contribution in [1.82, 2.24) is 4.98 Å². The number of pyridine rings is 1. The second-order valence-electron chi connectivity index (χ2n) is 11.4. The van der Waals surface area contributed by atoms with Crippen LogP contribution in [0.25, 0.3) is 0 Å². The van der Waals surface area contributed by atoms with Gasteiger partial charge < -0.3 is 10.0 Å². The average molecular weight is 529 g/mol. The van der Waals surface area contributed by atoms with E-state index >= 15 is 0 Å². The topological polar surface area (TPSA) is 87.6 Å². The maximum Gasteiger partial charge on any atom is 0.336 e. The van der Waals surface area contributed by atoms with E-state index in [1.54, 1.807) is 42.6 Å². The van der Waals surface area contributed by atoms with E-state index in [2.05, 4.69) is 4.98 Å². The maximum absolute atomic E-state index is 13.8. The van der Waals surface area contributed by atoms with Crippen LogP contribution in [0.2, 0.25) is 5.02 Å². The van der Waals surface area contributed by atoms with Gasteiger partial charge >= 0.3 is 5.97 Å². The fourth-order valence-electron chi connectivity index (χ4n) is 7.42. The Kier molecular flexibility index (Phi) is 6.10. The van der Waals surface area contributed by atoms with Gasteiger partial charge in [0.05, 0.1) is 17.4 Å². The van der Waals surface area contributed by atoms with Crippen LogP contribution in [0.15, 0.2) is 60.8 Å². The van der Waals surface area contributed by atoms with E-state index in [9.17, 15) is 19.5 Å². The van der Waals surface area contributed by atoms with E-state index in [1.807, 2.05) is 24.1 Å². The summed E-state index contributed by atoms with van der Waals surface area (Å²) in [5.74, 6) is 0.0923. The molecule has 0 radical (unpaired) electrons. The van der Waals surface area contributed by atoms with Gasteiger partial charge in [0.2, 0.25) is 5.78 Å². The van der Waals surface area contributed by atoms with Crippen LogP contribution in [0.4, 0.5) is 11.4 Å². The predicted octanol–water partition coefficient (Wildman–Crippen LogP) is 6.83. The lowest BCUT2D eigenvalue weighted by atomic mass is 9.48. The van der Waals surface area contributed by atoms with Crippen molar-refractivity contribution in [2.75, 3.05) is 11.9 Å². The van der Waals surface area contributed by atoms with E-state index in [0.29, 0.717) is 22.8 Å². The maximum atomic E-state index is 13.8. The number of carboxylic acid groups (broad SMARTS) is 1. The number of hydrogen-bond acceptors (Lipinski definition) is 5. The van der Waals surface area contributed by atoms with E-state index in [-0.39, 0.29) is 34.0 Å². The van der Waals surface area contributed by atoms with Gasteiger partial charge in [0, 0.05) is 34.3 Å². The summed E-state index contributed by atoms with van der Waals surface area (Å²) < 4.78 is 0. The summed E-state index contributed by atoms with van der Waals surface area (Å²) in [6.45, 7) is 0. The molecule has 0 spiro atoms. The van der Waals surface area contributed by atoms with E-state index < -0.39 is 11.4 Å². The highest BCUT2D eigenvalue weighted by Gasteiger charge is 2.54. The molecule has 7 heteroatoms. The number of ketones is 2. The molecular weight excluding hydrogens is 500 g/mol. The molecule has 4 fully saturated rings. The number of rotatable bonds is 7. The van der Waals surface area contributed by atoms with Gasteiger partial charge in [-0.05, 0) is 105 Å². The van der Waals surface area contributed by atoms with Gasteiger partial charge in [0.1, 0.15) is 5.69 Å². The van der Waals surface area contributed by atoms with Gasteiger partial charge in [-0.25, -0.2) is 4.79 Å². The van der Waals surface area contributed by atoms with Crippen molar-refractivity contribution in [3.63, 3.8) is 0 Å². The minimum Gasteiger partial charge on any atom is -0.478 e. The summed E-state index contributed by atoms with van der Waals surface area (Å²) in [5, 5.41) is 10.6. The Balaban J connectivity index is 1.25. The smallest absolute Gasteiger partial charge is 0.336 e. The number of halogens is 1. The number of carbonyl (C=O) groups excluding carboxylic acids is 2. The average Bonchev–Trinajstić information content (AvgIpc) is 2.91. The van der Waals surface area contributed by atoms with Crippen LogP contribution in [0, 0.1) is 23.2 Å². The van der Waals surface area contributed by atoms with Crippen LogP contribution in [-0.2, 0) is 0 Å². The molecule has 0 unspecified atom stereocenters. The van der Waals surface area contributed by atoms with Crippen molar-refractivity contribution in [3.8, 4) is 0 Å². The Bertz CT molecular complexity index is 1400. The Hall–Kier alpha value is -3.51. The standard InChI is InChI=1S/C31H29ClN2O4/c1-34(23-5-3-22(32)4-6-23)24-7-9-27(33-17-24)28(35)21-2-8-25(26(13-21)30(37)38)29(36)31-14-18-10-19(15-31)12-20(11-18)16-31/h2-9,13,17-20H,10-12,14-16H2,1H3,(H,37,38). The molecule has 4 bridgehead atoms. The third-order valence-corrected chi connectivity index (χ3v) is 9.11. The number of benzene rings is 2. The Morgan fingerprint density at radius 3 is 2.03 bits per heavy atom. The predicted molar refractivity (Wildman–Crippen MR) is 146 cm³/mol. The van der Waals surface area contributed by atoms with Crippen molar-refractivity contribution in [1.29, 1.82) is 0 Å². The fourth-order valence-corrected chi connectivity index (χ4v) is 7.54. The molecule has 1 N–H and O–H groups in total. The van der Waals surface area contributed by atoms with Gasteiger partial charge in [0.25, 0.3) is 0 Å². The molecule has 0 atom stereocenters. The molecule has 3 aromatic rings. The van der Waals surface area contributed by atoms with Crippen LogP contribution >= 0.6 is 11.6 Å². The van der Waals surface area contributed by atoms with Crippen LogP contribution in [0.3, 0.4) is 0 Å². The summed E-state index contributed by atoms with van der Waals surface area (Å²) in [6, 6.07) is 15.2. The highest BCUT2D eigenvalue weighted by Crippen LogP contribution is 2.61. The molecule has 0 amide bonds. The van der Waals surface area contributed by atoms with Crippen LogP contribution in [0.1, 0.15) is 75.3 Å². The molecule has 4 aliphatic rings. The van der Waals surface area contributed by atoms with Crippen molar-refractivity contribution < 1.29 is 19.5 Å². The quantitative estimate of drug-likeness (QED) is 0.338. The molecule has 7 rings (SSSR count). The zero-order valence-corrected chi connectivity index (χ0v) is 21.9. The molecule has 38 heavy (non-hydrogen) atoms. The molecular formula is C31H29ClN2O4. The largest absolute Gasteiger partial charge is 0.478 e. The fraction of sp³-hybridized carbons (Fsp3) is 0.355. The molecule has 1 aromatic heterocycles. The molecule has 4 saturated carbocycles. The van der Waals surface area contributed by atoms with Gasteiger partial charge in [-0.1, -0.05) is 17.7 Å². The zero-order valence-electron chi connectivity index (χ0n) is 21.2. The number of nitrogens with zero attached hydrogens (tertiary/aromatic N) is 2. The van der Waals surface area contributed by atoms with Crippen LogP contribution < -0.4 is 4.90 Å². The second kappa shape index (κ2) is 9.35. The third-order valence-electron chi connectivity index (χ3n) is 8.86. The Morgan fingerprint density at radius 1 is 0.868 bits per heavy atom. The highest BCUT2D eigenvalue weighted by atomic mass is 35.5. The monoisotopic (exact) mass is 528 g/mol. The lowest BCUT2D eigenvalue weighted by Crippen LogP contribution is -2.50. The summed E-state index contributed by atoms with van der Waals surface area (Å²) in [7, 11) is 1.89. The first-order chi connectivity index (χ1) is 18.2. The summed E-state index contributed by atoms with van der Waals surface area (Å²) >= 11 is 5.98. The normalized spacial score (nSPS) is 25.3. The second-order valence-corrected chi connectivity index (χ2v) is 11.8. The van der Waals surface area contributed by atoms with Crippen molar-refractivity contribution in [2.45, 2.75) is 38.5 Å². The molecule has 0 aliphatic heterocycles. The number of carboxylic acids is 1. The Morgan fingerprint density at radius 2 is 1.47 bits per heavy atom. The van der Waals surface area contributed by atoms with E-state index in [4.69, 9.17) is 11.6 Å². The minimum absolute atomic E-state index is 0.0549. The van der Waals surface area contributed by atoms with Crippen LogP contribution in [0.5, 0.6) is 0 Å². The van der Waals surface area contributed by atoms with Gasteiger partial charge in [-0.15, -0.1) is 0 Å². The first-order valence-corrected chi connectivity index (χ1v) is 13.5. The molecule has 194 valence electrons. The van der Waals surface area contributed by atoms with E-state index in [0.717, 1.165) is 30.6 Å². The van der Waals surface area contributed by atoms with Crippen molar-refractivity contribution in [3.05, 3.63) is 88.2 Å². The first-order valence-electron chi connectivity index (χ1n) is 13.1.